The molecule has 26 heavy (non-hydrogen) atoms. The van der Waals surface area contributed by atoms with Crippen molar-refractivity contribution in [3.05, 3.63) is 53.6 Å². The number of likely N-dealkylation sites (N-methyl/N-ethyl adjacent to an activating group) is 1. The lowest BCUT2D eigenvalue weighted by Gasteiger charge is -2.34. The predicted octanol–water partition coefficient (Wildman–Crippen LogP) is 3.07. The van der Waals surface area contributed by atoms with E-state index < -0.39 is 0 Å². The standard InChI is InChI=1S/C21H27N3O2/c1-16-4-9-20(17(2)14-16)26-15-21(25)22-18-5-7-19(8-6-18)24-12-10-23(3)11-13-24/h4-9,14H,10-13,15H2,1-3H3,(H,22,25). The number of ether oxygens (including phenoxy) is 1. The summed E-state index contributed by atoms with van der Waals surface area (Å²) in [4.78, 5) is 16.8. The molecule has 0 aromatic heterocycles. The van der Waals surface area contributed by atoms with Gasteiger partial charge in [-0.3, -0.25) is 4.79 Å². The maximum absolute atomic E-state index is 12.1. The zero-order chi connectivity index (χ0) is 18.5. The molecule has 2 aromatic rings. The van der Waals surface area contributed by atoms with Crippen LogP contribution < -0.4 is 15.0 Å². The predicted molar refractivity (Wildman–Crippen MR) is 106 cm³/mol. The van der Waals surface area contributed by atoms with E-state index in [9.17, 15) is 4.79 Å². The van der Waals surface area contributed by atoms with Crippen LogP contribution in [-0.2, 0) is 4.79 Å². The van der Waals surface area contributed by atoms with E-state index in [0.717, 1.165) is 43.2 Å². The van der Waals surface area contributed by atoms with Crippen LogP contribution in [0.1, 0.15) is 11.1 Å². The number of amides is 1. The second kappa shape index (κ2) is 8.23. The molecule has 0 atom stereocenters. The van der Waals surface area contributed by atoms with Gasteiger partial charge in [0.25, 0.3) is 5.91 Å². The highest BCUT2D eigenvalue weighted by atomic mass is 16.5. The van der Waals surface area contributed by atoms with Crippen molar-refractivity contribution in [2.24, 2.45) is 0 Å². The van der Waals surface area contributed by atoms with E-state index in [0.29, 0.717) is 0 Å². The van der Waals surface area contributed by atoms with E-state index in [1.807, 2.05) is 44.2 Å². The minimum absolute atomic E-state index is 0.00408. The molecule has 5 heteroatoms. The lowest BCUT2D eigenvalue weighted by atomic mass is 10.1. The van der Waals surface area contributed by atoms with Crippen molar-refractivity contribution >= 4 is 17.3 Å². The quantitative estimate of drug-likeness (QED) is 0.897. The minimum atomic E-state index is -0.155. The van der Waals surface area contributed by atoms with E-state index in [-0.39, 0.29) is 12.5 Å². The SMILES string of the molecule is Cc1ccc(OCC(=O)Nc2ccc(N3CCN(C)CC3)cc2)c(C)c1. The van der Waals surface area contributed by atoms with Gasteiger partial charge in [-0.25, -0.2) is 0 Å². The molecule has 1 heterocycles. The Labute approximate surface area is 155 Å². The Balaban J connectivity index is 1.51. The Kier molecular flexibility index (Phi) is 5.78. The first-order valence-electron chi connectivity index (χ1n) is 9.05. The lowest BCUT2D eigenvalue weighted by molar-refractivity contribution is -0.118. The van der Waals surface area contributed by atoms with Gasteiger partial charge < -0.3 is 19.9 Å². The Morgan fingerprint density at radius 2 is 1.73 bits per heavy atom. The molecule has 2 aromatic carbocycles. The number of anilines is 2. The number of piperazine rings is 1. The topological polar surface area (TPSA) is 44.8 Å². The molecule has 0 spiro atoms. The third-order valence-corrected chi connectivity index (χ3v) is 4.71. The Bertz CT molecular complexity index is 750. The van der Waals surface area contributed by atoms with E-state index in [4.69, 9.17) is 4.74 Å². The molecule has 1 aliphatic heterocycles. The summed E-state index contributed by atoms with van der Waals surface area (Å²) in [5, 5.41) is 2.89. The zero-order valence-electron chi connectivity index (χ0n) is 15.8. The van der Waals surface area contributed by atoms with E-state index in [1.54, 1.807) is 0 Å². The summed E-state index contributed by atoms with van der Waals surface area (Å²) in [6.07, 6.45) is 0. The van der Waals surface area contributed by atoms with Gasteiger partial charge in [0, 0.05) is 37.6 Å². The van der Waals surface area contributed by atoms with E-state index in [1.165, 1.54) is 11.3 Å². The summed E-state index contributed by atoms with van der Waals surface area (Å²) < 4.78 is 5.63. The van der Waals surface area contributed by atoms with Crippen LogP contribution in [0.3, 0.4) is 0 Å². The molecule has 1 N–H and O–H groups in total. The maximum atomic E-state index is 12.1. The number of nitrogens with one attached hydrogen (secondary N) is 1. The molecule has 138 valence electrons. The molecule has 0 bridgehead atoms. The third kappa shape index (κ3) is 4.76. The van der Waals surface area contributed by atoms with Crippen molar-refractivity contribution in [2.75, 3.05) is 50.1 Å². The van der Waals surface area contributed by atoms with Crippen LogP contribution in [0.4, 0.5) is 11.4 Å². The van der Waals surface area contributed by atoms with Crippen molar-refractivity contribution in [3.8, 4) is 5.75 Å². The fourth-order valence-electron chi connectivity index (χ4n) is 3.12. The smallest absolute Gasteiger partial charge is 0.262 e. The zero-order valence-corrected chi connectivity index (χ0v) is 15.8. The maximum Gasteiger partial charge on any atom is 0.262 e. The monoisotopic (exact) mass is 353 g/mol. The number of hydrogen-bond acceptors (Lipinski definition) is 4. The number of rotatable bonds is 5. The normalized spacial score (nSPS) is 15.0. The molecule has 0 radical (unpaired) electrons. The number of carbonyl (C=O) groups is 1. The summed E-state index contributed by atoms with van der Waals surface area (Å²) in [6.45, 7) is 8.25. The van der Waals surface area contributed by atoms with Gasteiger partial charge in [0.05, 0.1) is 0 Å². The fourth-order valence-corrected chi connectivity index (χ4v) is 3.12. The number of nitrogens with zero attached hydrogens (tertiary/aromatic N) is 2. The van der Waals surface area contributed by atoms with Gasteiger partial charge in [-0.05, 0) is 56.8 Å². The minimum Gasteiger partial charge on any atom is -0.483 e. The van der Waals surface area contributed by atoms with Crippen LogP contribution in [-0.4, -0.2) is 50.6 Å². The fraction of sp³-hybridized carbons (Fsp3) is 0.381. The van der Waals surface area contributed by atoms with Crippen molar-refractivity contribution in [3.63, 3.8) is 0 Å². The van der Waals surface area contributed by atoms with Crippen LogP contribution in [0, 0.1) is 13.8 Å². The van der Waals surface area contributed by atoms with Gasteiger partial charge in [-0.2, -0.15) is 0 Å². The number of hydrogen-bond donors (Lipinski definition) is 1. The Morgan fingerprint density at radius 3 is 2.38 bits per heavy atom. The molecular formula is C21H27N3O2. The van der Waals surface area contributed by atoms with E-state index in [2.05, 4.69) is 34.3 Å². The molecule has 1 saturated heterocycles. The molecule has 0 saturated carbocycles. The number of benzene rings is 2. The molecule has 5 nitrogen and oxygen atoms in total. The molecule has 0 aliphatic carbocycles. The highest BCUT2D eigenvalue weighted by Gasteiger charge is 2.14. The molecule has 1 fully saturated rings. The largest absolute Gasteiger partial charge is 0.483 e. The van der Waals surface area contributed by atoms with Crippen molar-refractivity contribution in [1.29, 1.82) is 0 Å². The van der Waals surface area contributed by atoms with Gasteiger partial charge in [0.1, 0.15) is 5.75 Å². The van der Waals surface area contributed by atoms with Crippen LogP contribution in [0.2, 0.25) is 0 Å². The average Bonchev–Trinajstić information content (AvgIpc) is 2.62. The first-order valence-corrected chi connectivity index (χ1v) is 9.05. The third-order valence-electron chi connectivity index (χ3n) is 4.71. The Hall–Kier alpha value is -2.53. The first kappa shape index (κ1) is 18.3. The summed E-state index contributed by atoms with van der Waals surface area (Å²) in [5.74, 6) is 0.591. The first-order chi connectivity index (χ1) is 12.5. The van der Waals surface area contributed by atoms with Crippen LogP contribution >= 0.6 is 0 Å². The van der Waals surface area contributed by atoms with Crippen molar-refractivity contribution in [1.82, 2.24) is 4.90 Å². The molecule has 1 amide bonds. The van der Waals surface area contributed by atoms with Gasteiger partial charge in [0.15, 0.2) is 6.61 Å². The van der Waals surface area contributed by atoms with Crippen molar-refractivity contribution < 1.29 is 9.53 Å². The molecule has 3 rings (SSSR count). The van der Waals surface area contributed by atoms with Crippen LogP contribution in [0.5, 0.6) is 5.75 Å². The second-order valence-electron chi connectivity index (χ2n) is 6.94. The molecule has 0 unspecified atom stereocenters. The number of aryl methyl sites for hydroxylation is 2. The van der Waals surface area contributed by atoms with Gasteiger partial charge in [0.2, 0.25) is 0 Å². The summed E-state index contributed by atoms with van der Waals surface area (Å²) >= 11 is 0. The van der Waals surface area contributed by atoms with Crippen LogP contribution in [0.15, 0.2) is 42.5 Å². The second-order valence-corrected chi connectivity index (χ2v) is 6.94. The van der Waals surface area contributed by atoms with Gasteiger partial charge >= 0.3 is 0 Å². The van der Waals surface area contributed by atoms with Crippen molar-refractivity contribution in [2.45, 2.75) is 13.8 Å². The van der Waals surface area contributed by atoms with Gasteiger partial charge in [-0.15, -0.1) is 0 Å². The lowest BCUT2D eigenvalue weighted by Crippen LogP contribution is -2.44. The average molecular weight is 353 g/mol. The highest BCUT2D eigenvalue weighted by Crippen LogP contribution is 2.20. The van der Waals surface area contributed by atoms with Gasteiger partial charge in [-0.1, -0.05) is 17.7 Å². The van der Waals surface area contributed by atoms with Crippen LogP contribution in [0.25, 0.3) is 0 Å². The summed E-state index contributed by atoms with van der Waals surface area (Å²) in [5.41, 5.74) is 4.20. The Morgan fingerprint density at radius 1 is 1.04 bits per heavy atom. The molecule has 1 aliphatic rings. The summed E-state index contributed by atoms with van der Waals surface area (Å²) in [6, 6.07) is 14.0. The summed E-state index contributed by atoms with van der Waals surface area (Å²) in [7, 11) is 2.15. The highest BCUT2D eigenvalue weighted by molar-refractivity contribution is 5.92. The molecular weight excluding hydrogens is 326 g/mol. The number of carbonyl (C=O) groups excluding carboxylic acids is 1. The van der Waals surface area contributed by atoms with E-state index >= 15 is 0 Å².